The molecule has 0 amide bonds. The highest BCUT2D eigenvalue weighted by atomic mass is 32.2. The minimum absolute atomic E-state index is 0.0233. The summed E-state index contributed by atoms with van der Waals surface area (Å²) in [4.78, 5) is 0. The molecular formula is C10H13O2S. The molecule has 1 aromatic rings. The second kappa shape index (κ2) is 3.50. The fourth-order valence-electron chi connectivity index (χ4n) is 1.41. The van der Waals surface area contributed by atoms with Crippen molar-refractivity contribution in [2.45, 2.75) is 19.6 Å². The van der Waals surface area contributed by atoms with Gasteiger partial charge < -0.3 is 0 Å². The molecule has 0 saturated heterocycles. The number of hydrogen-bond donors (Lipinski definition) is 0. The molecule has 1 rings (SSSR count). The molecule has 0 aliphatic rings. The molecule has 0 bridgehead atoms. The quantitative estimate of drug-likeness (QED) is 0.726. The molecule has 3 heteroatoms. The van der Waals surface area contributed by atoms with Gasteiger partial charge in [-0.1, -0.05) is 29.3 Å². The molecule has 0 atom stereocenters. The van der Waals surface area contributed by atoms with E-state index in [9.17, 15) is 8.42 Å². The highest BCUT2D eigenvalue weighted by Gasteiger charge is 2.04. The first kappa shape index (κ1) is 10.3. The lowest BCUT2D eigenvalue weighted by Crippen LogP contribution is -1.98. The van der Waals surface area contributed by atoms with E-state index in [1.165, 1.54) is 0 Å². The highest BCUT2D eigenvalue weighted by Crippen LogP contribution is 2.11. The molecule has 0 aromatic heterocycles. The lowest BCUT2D eigenvalue weighted by atomic mass is 10.1. The summed E-state index contributed by atoms with van der Waals surface area (Å²) in [6.45, 7) is 3.90. The molecule has 0 spiro atoms. The van der Waals surface area contributed by atoms with Crippen LogP contribution in [0.15, 0.2) is 18.2 Å². The Morgan fingerprint density at radius 3 is 2.00 bits per heavy atom. The third-order valence-corrected chi connectivity index (χ3v) is 2.44. The SMILES string of the molecule is [CH2]S(=O)(=O)Cc1cc(C)cc(C)c1. The normalized spacial score (nSPS) is 11.6. The Morgan fingerprint density at radius 2 is 1.62 bits per heavy atom. The maximum absolute atomic E-state index is 10.9. The summed E-state index contributed by atoms with van der Waals surface area (Å²) in [5, 5.41) is 0. The number of benzene rings is 1. The van der Waals surface area contributed by atoms with Crippen LogP contribution in [0.3, 0.4) is 0 Å². The topological polar surface area (TPSA) is 34.1 Å². The van der Waals surface area contributed by atoms with Crippen LogP contribution < -0.4 is 0 Å². The van der Waals surface area contributed by atoms with Crippen molar-refractivity contribution in [1.82, 2.24) is 0 Å². The maximum atomic E-state index is 10.9. The number of rotatable bonds is 2. The fraction of sp³-hybridized carbons (Fsp3) is 0.300. The van der Waals surface area contributed by atoms with Crippen molar-refractivity contribution in [2.24, 2.45) is 0 Å². The van der Waals surface area contributed by atoms with Crippen molar-refractivity contribution < 1.29 is 8.42 Å². The van der Waals surface area contributed by atoms with E-state index < -0.39 is 9.84 Å². The Bertz CT molecular complexity index is 385. The van der Waals surface area contributed by atoms with E-state index in [-0.39, 0.29) is 5.75 Å². The van der Waals surface area contributed by atoms with Crippen molar-refractivity contribution in [2.75, 3.05) is 0 Å². The van der Waals surface area contributed by atoms with E-state index in [0.29, 0.717) is 0 Å². The van der Waals surface area contributed by atoms with Crippen LogP contribution in [0.5, 0.6) is 0 Å². The number of sulfone groups is 1. The maximum Gasteiger partial charge on any atom is 0.155 e. The first-order chi connectivity index (χ1) is 5.87. The van der Waals surface area contributed by atoms with Crippen molar-refractivity contribution >= 4 is 9.84 Å². The smallest absolute Gasteiger partial charge is 0.155 e. The van der Waals surface area contributed by atoms with Crippen molar-refractivity contribution in [3.63, 3.8) is 0 Å². The standard InChI is InChI=1S/C10H13O2S/c1-8-4-9(2)6-10(5-8)7-13(3,11)12/h4-6H,3,7H2,1-2H3. The molecule has 0 N–H and O–H groups in total. The second-order valence-electron chi connectivity index (χ2n) is 3.38. The minimum Gasteiger partial charge on any atom is -0.228 e. The van der Waals surface area contributed by atoms with Crippen molar-refractivity contribution in [3.05, 3.63) is 41.1 Å². The second-order valence-corrected chi connectivity index (χ2v) is 5.16. The average molecular weight is 197 g/mol. The molecule has 71 valence electrons. The summed E-state index contributed by atoms with van der Waals surface area (Å²) in [5.74, 6) is 0.0233. The van der Waals surface area contributed by atoms with Crippen molar-refractivity contribution in [3.8, 4) is 0 Å². The Balaban J connectivity index is 3.03. The van der Waals surface area contributed by atoms with Gasteiger partial charge in [-0.15, -0.1) is 0 Å². The van der Waals surface area contributed by atoms with Gasteiger partial charge in [-0.3, -0.25) is 0 Å². The van der Waals surface area contributed by atoms with Gasteiger partial charge >= 0.3 is 0 Å². The third kappa shape index (κ3) is 3.59. The van der Waals surface area contributed by atoms with Crippen LogP contribution in [0.1, 0.15) is 16.7 Å². The van der Waals surface area contributed by atoms with Crippen LogP contribution in [0, 0.1) is 20.1 Å². The molecule has 0 aliphatic heterocycles. The van der Waals surface area contributed by atoms with Gasteiger partial charge in [0.05, 0.1) is 12.0 Å². The Labute approximate surface area is 79.5 Å². The van der Waals surface area contributed by atoms with E-state index in [0.717, 1.165) is 16.7 Å². The van der Waals surface area contributed by atoms with E-state index in [1.54, 1.807) is 0 Å². The molecule has 13 heavy (non-hydrogen) atoms. The highest BCUT2D eigenvalue weighted by molar-refractivity contribution is 7.91. The Hall–Kier alpha value is -0.830. The first-order valence-corrected chi connectivity index (χ1v) is 5.82. The first-order valence-electron chi connectivity index (χ1n) is 4.00. The summed E-state index contributed by atoms with van der Waals surface area (Å²) in [7, 11) is -3.16. The van der Waals surface area contributed by atoms with E-state index in [4.69, 9.17) is 0 Å². The van der Waals surface area contributed by atoms with E-state index in [1.807, 2.05) is 32.0 Å². The van der Waals surface area contributed by atoms with Crippen LogP contribution in [-0.4, -0.2) is 8.42 Å². The molecule has 0 aliphatic carbocycles. The van der Waals surface area contributed by atoms with Gasteiger partial charge in [0.15, 0.2) is 9.84 Å². The van der Waals surface area contributed by atoms with E-state index >= 15 is 0 Å². The van der Waals surface area contributed by atoms with Crippen LogP contribution in [0.25, 0.3) is 0 Å². The Kier molecular flexibility index (Phi) is 2.76. The monoisotopic (exact) mass is 197 g/mol. The predicted octanol–water partition coefficient (Wildman–Crippen LogP) is 2.01. The van der Waals surface area contributed by atoms with Crippen LogP contribution >= 0.6 is 0 Å². The zero-order valence-electron chi connectivity index (χ0n) is 7.87. The van der Waals surface area contributed by atoms with Gasteiger partial charge in [0.1, 0.15) is 0 Å². The van der Waals surface area contributed by atoms with E-state index in [2.05, 4.69) is 6.26 Å². The third-order valence-electron chi connectivity index (χ3n) is 1.67. The summed E-state index contributed by atoms with van der Waals surface area (Å²) in [5.41, 5.74) is 2.98. The Morgan fingerprint density at radius 1 is 1.15 bits per heavy atom. The summed E-state index contributed by atoms with van der Waals surface area (Å²) >= 11 is 0. The molecule has 0 heterocycles. The van der Waals surface area contributed by atoms with Gasteiger partial charge in [0, 0.05) is 0 Å². The molecule has 0 saturated carbocycles. The molecule has 1 aromatic carbocycles. The summed E-state index contributed by atoms with van der Waals surface area (Å²) in [6, 6.07) is 5.75. The lowest BCUT2D eigenvalue weighted by molar-refractivity contribution is 0.603. The molecular weight excluding hydrogens is 184 g/mol. The average Bonchev–Trinajstić information content (AvgIpc) is 1.78. The van der Waals surface area contributed by atoms with Gasteiger partial charge in [-0.25, -0.2) is 8.42 Å². The van der Waals surface area contributed by atoms with Gasteiger partial charge in [0.2, 0.25) is 0 Å². The van der Waals surface area contributed by atoms with Crippen LogP contribution in [-0.2, 0) is 15.6 Å². The zero-order valence-corrected chi connectivity index (χ0v) is 8.69. The van der Waals surface area contributed by atoms with Gasteiger partial charge in [-0.2, -0.15) is 0 Å². The van der Waals surface area contributed by atoms with Crippen LogP contribution in [0.2, 0.25) is 0 Å². The number of hydrogen-bond acceptors (Lipinski definition) is 2. The van der Waals surface area contributed by atoms with Gasteiger partial charge in [-0.05, 0) is 19.4 Å². The van der Waals surface area contributed by atoms with Crippen LogP contribution in [0.4, 0.5) is 0 Å². The van der Waals surface area contributed by atoms with Gasteiger partial charge in [0.25, 0.3) is 0 Å². The molecule has 0 fully saturated rings. The molecule has 2 nitrogen and oxygen atoms in total. The lowest BCUT2D eigenvalue weighted by Gasteiger charge is -2.02. The zero-order chi connectivity index (χ0) is 10.1. The summed E-state index contributed by atoms with van der Waals surface area (Å²) < 4.78 is 21.8. The minimum atomic E-state index is -3.16. The molecule has 1 radical (unpaired) electrons. The largest absolute Gasteiger partial charge is 0.228 e. The fourth-order valence-corrected chi connectivity index (χ4v) is 2.08. The predicted molar refractivity (Wildman–Crippen MR) is 53.9 cm³/mol. The molecule has 0 unspecified atom stereocenters. The van der Waals surface area contributed by atoms with Crippen molar-refractivity contribution in [1.29, 1.82) is 0 Å². The number of aryl methyl sites for hydroxylation is 2. The summed E-state index contributed by atoms with van der Waals surface area (Å²) in [6.07, 6.45) is 3.10.